The van der Waals surface area contributed by atoms with Gasteiger partial charge in [0.1, 0.15) is 13.2 Å². The molecule has 170 valence electrons. The van der Waals surface area contributed by atoms with Gasteiger partial charge in [0.2, 0.25) is 0 Å². The number of anilines is 1. The normalized spacial score (nSPS) is 14.6. The summed E-state index contributed by atoms with van der Waals surface area (Å²) in [5, 5.41) is 2.87. The molecule has 0 spiro atoms. The van der Waals surface area contributed by atoms with E-state index in [1.54, 1.807) is 12.1 Å². The van der Waals surface area contributed by atoms with Crippen LogP contribution in [0, 0.1) is 0 Å². The molecule has 33 heavy (non-hydrogen) atoms. The van der Waals surface area contributed by atoms with Crippen LogP contribution in [-0.2, 0) is 22.9 Å². The summed E-state index contributed by atoms with van der Waals surface area (Å²) in [4.78, 5) is 12.8. The Hall–Kier alpha value is -3.52. The van der Waals surface area contributed by atoms with Crippen molar-refractivity contribution in [2.45, 2.75) is 17.7 Å². The van der Waals surface area contributed by atoms with Crippen molar-refractivity contribution in [1.82, 2.24) is 5.32 Å². The summed E-state index contributed by atoms with van der Waals surface area (Å²) < 4.78 is 39.1. The fourth-order valence-electron chi connectivity index (χ4n) is 4.15. The first kappa shape index (κ1) is 21.3. The number of carbonyl (C=O) groups excluding carboxylic acids is 1. The minimum Gasteiger partial charge on any atom is -0.486 e. The molecule has 2 heterocycles. The summed E-state index contributed by atoms with van der Waals surface area (Å²) in [5.74, 6) is 1.13. The van der Waals surface area contributed by atoms with Crippen LogP contribution in [0.25, 0.3) is 0 Å². The topological polar surface area (TPSA) is 84.9 Å². The molecule has 1 amide bonds. The molecular weight excluding hydrogens is 440 g/mol. The SMILES string of the molecule is O=C(NCCc1ccc2c(c1)OCCO2)c1cccc(S(=O)(=O)N2CCc3ccccc32)c1. The van der Waals surface area contributed by atoms with E-state index in [1.807, 2.05) is 42.5 Å². The summed E-state index contributed by atoms with van der Waals surface area (Å²) >= 11 is 0. The summed E-state index contributed by atoms with van der Waals surface area (Å²) in [6, 6.07) is 19.4. The zero-order valence-electron chi connectivity index (χ0n) is 18.0. The van der Waals surface area contributed by atoms with Gasteiger partial charge in [-0.1, -0.05) is 30.3 Å². The van der Waals surface area contributed by atoms with Gasteiger partial charge in [-0.25, -0.2) is 8.42 Å². The van der Waals surface area contributed by atoms with Gasteiger partial charge in [0.05, 0.1) is 10.6 Å². The maximum atomic E-state index is 13.3. The third kappa shape index (κ3) is 4.26. The molecule has 0 aromatic heterocycles. The molecule has 2 aliphatic heterocycles. The molecule has 0 saturated heterocycles. The molecule has 8 heteroatoms. The Morgan fingerprint density at radius 1 is 0.939 bits per heavy atom. The first-order valence-electron chi connectivity index (χ1n) is 10.9. The lowest BCUT2D eigenvalue weighted by molar-refractivity contribution is 0.0954. The first-order valence-corrected chi connectivity index (χ1v) is 12.3. The number of amides is 1. The second-order valence-corrected chi connectivity index (χ2v) is 9.83. The second kappa shape index (κ2) is 8.78. The summed E-state index contributed by atoms with van der Waals surface area (Å²) in [5.41, 5.74) is 3.04. The highest BCUT2D eigenvalue weighted by Gasteiger charge is 2.30. The van der Waals surface area contributed by atoms with Crippen molar-refractivity contribution in [3.05, 3.63) is 83.4 Å². The van der Waals surface area contributed by atoms with Crippen molar-refractivity contribution in [3.8, 4) is 11.5 Å². The van der Waals surface area contributed by atoms with Crippen LogP contribution < -0.4 is 19.1 Å². The lowest BCUT2D eigenvalue weighted by Crippen LogP contribution is -2.30. The molecule has 7 nitrogen and oxygen atoms in total. The van der Waals surface area contributed by atoms with Crippen LogP contribution in [0.3, 0.4) is 0 Å². The van der Waals surface area contributed by atoms with E-state index in [9.17, 15) is 13.2 Å². The number of nitrogens with one attached hydrogen (secondary N) is 1. The lowest BCUT2D eigenvalue weighted by atomic mass is 10.1. The van der Waals surface area contributed by atoms with E-state index in [2.05, 4.69) is 5.32 Å². The van der Waals surface area contributed by atoms with Crippen LogP contribution >= 0.6 is 0 Å². The highest BCUT2D eigenvalue weighted by molar-refractivity contribution is 7.92. The number of para-hydroxylation sites is 1. The van der Waals surface area contributed by atoms with Gasteiger partial charge in [-0.2, -0.15) is 0 Å². The summed E-state index contributed by atoms with van der Waals surface area (Å²) in [7, 11) is -3.75. The molecule has 2 aliphatic rings. The monoisotopic (exact) mass is 464 g/mol. The van der Waals surface area contributed by atoms with E-state index < -0.39 is 10.0 Å². The van der Waals surface area contributed by atoms with E-state index >= 15 is 0 Å². The molecule has 0 unspecified atom stereocenters. The van der Waals surface area contributed by atoms with Gasteiger partial charge in [0.15, 0.2) is 11.5 Å². The summed E-state index contributed by atoms with van der Waals surface area (Å²) in [6.45, 7) is 1.87. The fraction of sp³-hybridized carbons (Fsp3) is 0.240. The number of fused-ring (bicyclic) bond motifs is 2. The van der Waals surface area contributed by atoms with Crippen molar-refractivity contribution in [2.75, 3.05) is 30.6 Å². The van der Waals surface area contributed by atoms with Crippen molar-refractivity contribution < 1.29 is 22.7 Å². The van der Waals surface area contributed by atoms with Crippen molar-refractivity contribution in [2.24, 2.45) is 0 Å². The molecule has 0 bridgehead atoms. The lowest BCUT2D eigenvalue weighted by Gasteiger charge is -2.20. The van der Waals surface area contributed by atoms with Crippen molar-refractivity contribution in [3.63, 3.8) is 0 Å². The molecule has 0 fully saturated rings. The number of ether oxygens (including phenoxy) is 2. The van der Waals surface area contributed by atoms with Gasteiger partial charge in [0.25, 0.3) is 15.9 Å². The number of benzene rings is 3. The van der Waals surface area contributed by atoms with Gasteiger partial charge in [-0.15, -0.1) is 0 Å². The number of hydrogen-bond acceptors (Lipinski definition) is 5. The number of nitrogens with zero attached hydrogens (tertiary/aromatic N) is 1. The number of sulfonamides is 1. The van der Waals surface area contributed by atoms with Crippen LogP contribution in [0.1, 0.15) is 21.5 Å². The smallest absolute Gasteiger partial charge is 0.264 e. The zero-order valence-corrected chi connectivity index (χ0v) is 18.8. The average molecular weight is 465 g/mol. The molecular formula is C25H24N2O5S. The van der Waals surface area contributed by atoms with Gasteiger partial charge in [0, 0.05) is 18.7 Å². The van der Waals surface area contributed by atoms with Crippen LogP contribution in [-0.4, -0.2) is 40.6 Å². The third-order valence-corrected chi connectivity index (χ3v) is 7.64. The molecule has 0 atom stereocenters. The maximum Gasteiger partial charge on any atom is 0.264 e. The molecule has 0 saturated carbocycles. The standard InChI is InChI=1S/C25H24N2O5S/c28-25(26-12-10-18-8-9-23-24(16-18)32-15-14-31-23)20-5-3-6-21(17-20)33(29,30)27-13-11-19-4-1-2-7-22(19)27/h1-9,16-17H,10-15H2,(H,26,28). The van der Waals surface area contributed by atoms with Gasteiger partial charge in [-0.3, -0.25) is 9.10 Å². The highest BCUT2D eigenvalue weighted by Crippen LogP contribution is 2.33. The van der Waals surface area contributed by atoms with Crippen molar-refractivity contribution >= 4 is 21.6 Å². The molecule has 1 N–H and O–H groups in total. The third-order valence-electron chi connectivity index (χ3n) is 5.83. The Balaban J connectivity index is 1.26. The molecule has 0 aliphatic carbocycles. The van der Waals surface area contributed by atoms with E-state index in [0.29, 0.717) is 56.1 Å². The van der Waals surface area contributed by atoms with E-state index in [-0.39, 0.29) is 10.8 Å². The predicted octanol–water partition coefficient (Wildman–Crippen LogP) is 3.18. The Labute approximate surface area is 193 Å². The van der Waals surface area contributed by atoms with E-state index in [0.717, 1.165) is 16.9 Å². The van der Waals surface area contributed by atoms with Crippen LogP contribution in [0.5, 0.6) is 11.5 Å². The Kier molecular flexibility index (Phi) is 5.68. The van der Waals surface area contributed by atoms with Gasteiger partial charge >= 0.3 is 0 Å². The van der Waals surface area contributed by atoms with E-state index in [1.165, 1.54) is 16.4 Å². The average Bonchev–Trinajstić information content (AvgIpc) is 3.29. The highest BCUT2D eigenvalue weighted by atomic mass is 32.2. The largest absolute Gasteiger partial charge is 0.486 e. The molecule has 3 aromatic carbocycles. The first-order chi connectivity index (χ1) is 16.0. The van der Waals surface area contributed by atoms with Crippen LogP contribution in [0.2, 0.25) is 0 Å². The van der Waals surface area contributed by atoms with Crippen molar-refractivity contribution in [1.29, 1.82) is 0 Å². The molecule has 3 aromatic rings. The van der Waals surface area contributed by atoms with Gasteiger partial charge < -0.3 is 14.8 Å². The quantitative estimate of drug-likeness (QED) is 0.606. The molecule has 0 radical (unpaired) electrons. The Morgan fingerprint density at radius 2 is 1.76 bits per heavy atom. The minimum absolute atomic E-state index is 0.110. The molecule has 5 rings (SSSR count). The summed E-state index contributed by atoms with van der Waals surface area (Å²) in [6.07, 6.45) is 1.29. The number of hydrogen-bond donors (Lipinski definition) is 1. The Morgan fingerprint density at radius 3 is 2.64 bits per heavy atom. The fourth-order valence-corrected chi connectivity index (χ4v) is 5.70. The Bertz CT molecular complexity index is 1310. The minimum atomic E-state index is -3.75. The number of carbonyl (C=O) groups is 1. The predicted molar refractivity (Wildman–Crippen MR) is 125 cm³/mol. The number of rotatable bonds is 6. The zero-order chi connectivity index (χ0) is 22.8. The second-order valence-electron chi connectivity index (χ2n) is 7.97. The van der Waals surface area contributed by atoms with Crippen LogP contribution in [0.15, 0.2) is 71.6 Å². The van der Waals surface area contributed by atoms with Gasteiger partial charge in [-0.05, 0) is 60.4 Å². The van der Waals surface area contributed by atoms with Crippen LogP contribution in [0.4, 0.5) is 5.69 Å². The maximum absolute atomic E-state index is 13.3. The van der Waals surface area contributed by atoms with E-state index in [4.69, 9.17) is 9.47 Å².